The van der Waals surface area contributed by atoms with Gasteiger partial charge in [0.15, 0.2) is 0 Å². The van der Waals surface area contributed by atoms with E-state index in [0.717, 1.165) is 6.42 Å². The van der Waals surface area contributed by atoms with Crippen LogP contribution in [0.2, 0.25) is 0 Å². The lowest BCUT2D eigenvalue weighted by Crippen LogP contribution is -1.79. The summed E-state index contributed by atoms with van der Waals surface area (Å²) < 4.78 is 0. The lowest BCUT2D eigenvalue weighted by molar-refractivity contribution is 1.21. The molecule has 0 heterocycles. The van der Waals surface area contributed by atoms with Gasteiger partial charge in [0.2, 0.25) is 0 Å². The van der Waals surface area contributed by atoms with Crippen molar-refractivity contribution in [1.29, 1.82) is 0 Å². The number of hydrogen-bond acceptors (Lipinski definition) is 0. The van der Waals surface area contributed by atoms with Crippen molar-refractivity contribution >= 4 is 0 Å². The lowest BCUT2D eigenvalue weighted by atomic mass is 10.1. The van der Waals surface area contributed by atoms with Crippen LogP contribution in [0.3, 0.4) is 0 Å². The van der Waals surface area contributed by atoms with E-state index in [1.54, 1.807) is 0 Å². The van der Waals surface area contributed by atoms with Crippen LogP contribution in [-0.2, 0) is 6.42 Å². The summed E-state index contributed by atoms with van der Waals surface area (Å²) in [7, 11) is 0. The highest BCUT2D eigenvalue weighted by Crippen LogP contribution is 2.01. The van der Waals surface area contributed by atoms with Crippen molar-refractivity contribution in [3.63, 3.8) is 0 Å². The number of hydrogen-bond donors (Lipinski definition) is 0. The Morgan fingerprint density at radius 3 is 2.82 bits per heavy atom. The van der Waals surface area contributed by atoms with Gasteiger partial charge >= 0.3 is 0 Å². The van der Waals surface area contributed by atoms with Gasteiger partial charge in [0, 0.05) is 0 Å². The number of benzene rings is 1. The monoisotopic (exact) mass is 145 g/mol. The highest BCUT2D eigenvalue weighted by Gasteiger charge is 1.86. The maximum Gasteiger partial charge on any atom is -0.00888 e. The minimum Gasteiger partial charge on any atom is -0.0815 e. The molecule has 0 nitrogen and oxygen atoms in total. The fourth-order valence-corrected chi connectivity index (χ4v) is 0.872. The Morgan fingerprint density at radius 1 is 1.45 bits per heavy atom. The fourth-order valence-electron chi connectivity index (χ4n) is 0.872. The highest BCUT2D eigenvalue weighted by atomic mass is 13.9. The summed E-state index contributed by atoms with van der Waals surface area (Å²) in [5, 5.41) is 0. The normalized spacial score (nSPS) is 9.27. The van der Waals surface area contributed by atoms with Crippen LogP contribution < -0.4 is 0 Å². The molecule has 1 aromatic carbocycles. The Hall–Kier alpha value is -1.04. The summed E-state index contributed by atoms with van der Waals surface area (Å²) in [6, 6.07) is 11.3. The van der Waals surface area contributed by atoms with E-state index in [-0.39, 0.29) is 0 Å². The minimum atomic E-state index is 1.00. The lowest BCUT2D eigenvalue weighted by Gasteiger charge is -1.94. The predicted octanol–water partition coefficient (Wildman–Crippen LogP) is 3.00. The van der Waals surface area contributed by atoms with Crippen LogP contribution in [0.1, 0.15) is 19.4 Å². The summed E-state index contributed by atoms with van der Waals surface area (Å²) in [6.07, 6.45) is 3.22. The van der Waals surface area contributed by atoms with Gasteiger partial charge in [-0.25, -0.2) is 0 Å². The number of rotatable bonds is 2. The molecule has 1 radical (unpaired) electrons. The smallest absolute Gasteiger partial charge is 0.00888 e. The SMILES string of the molecule is CC(C)=CCc1[c]cccc1. The summed E-state index contributed by atoms with van der Waals surface area (Å²) in [5.74, 6) is 0. The molecule has 57 valence electrons. The molecule has 0 heteroatoms. The molecule has 0 saturated heterocycles. The summed E-state index contributed by atoms with van der Waals surface area (Å²) >= 11 is 0. The van der Waals surface area contributed by atoms with Crippen LogP contribution in [0.15, 0.2) is 35.9 Å². The molecule has 0 amide bonds. The minimum absolute atomic E-state index is 1.00. The van der Waals surface area contributed by atoms with Gasteiger partial charge in [0.1, 0.15) is 0 Å². The zero-order valence-corrected chi connectivity index (χ0v) is 7.09. The van der Waals surface area contributed by atoms with Gasteiger partial charge < -0.3 is 0 Å². The maximum absolute atomic E-state index is 3.18. The van der Waals surface area contributed by atoms with E-state index >= 15 is 0 Å². The van der Waals surface area contributed by atoms with E-state index in [0.29, 0.717) is 0 Å². The predicted molar refractivity (Wildman–Crippen MR) is 48.4 cm³/mol. The van der Waals surface area contributed by atoms with Crippen molar-refractivity contribution in [2.24, 2.45) is 0 Å². The second-order valence-corrected chi connectivity index (χ2v) is 2.87. The first-order valence-corrected chi connectivity index (χ1v) is 3.88. The van der Waals surface area contributed by atoms with Crippen molar-refractivity contribution in [3.05, 3.63) is 47.5 Å². The van der Waals surface area contributed by atoms with Gasteiger partial charge in [-0.05, 0) is 31.9 Å². The fraction of sp³-hybridized carbons (Fsp3) is 0.273. The van der Waals surface area contributed by atoms with E-state index in [9.17, 15) is 0 Å². The second kappa shape index (κ2) is 3.97. The third-order valence-corrected chi connectivity index (χ3v) is 1.50. The summed E-state index contributed by atoms with van der Waals surface area (Å²) in [6.45, 7) is 4.23. The zero-order chi connectivity index (χ0) is 8.10. The van der Waals surface area contributed by atoms with E-state index in [2.05, 4.69) is 32.1 Å². The maximum atomic E-state index is 3.18. The van der Waals surface area contributed by atoms with Crippen molar-refractivity contribution in [2.45, 2.75) is 20.3 Å². The van der Waals surface area contributed by atoms with Crippen LogP contribution in [0.5, 0.6) is 0 Å². The van der Waals surface area contributed by atoms with Crippen molar-refractivity contribution in [1.82, 2.24) is 0 Å². The Morgan fingerprint density at radius 2 is 2.27 bits per heavy atom. The van der Waals surface area contributed by atoms with Crippen LogP contribution >= 0.6 is 0 Å². The van der Waals surface area contributed by atoms with Crippen LogP contribution in [0, 0.1) is 6.07 Å². The van der Waals surface area contributed by atoms with Crippen LogP contribution in [0.4, 0.5) is 0 Å². The second-order valence-electron chi connectivity index (χ2n) is 2.87. The largest absolute Gasteiger partial charge is 0.0815 e. The topological polar surface area (TPSA) is 0 Å². The van der Waals surface area contributed by atoms with Crippen molar-refractivity contribution < 1.29 is 0 Å². The molecule has 0 unspecified atom stereocenters. The molecule has 0 aliphatic carbocycles. The standard InChI is InChI=1S/C11H13/c1-10(2)8-9-11-6-4-3-5-7-11/h3-6,8H,9H2,1-2H3. The van der Waals surface area contributed by atoms with Crippen molar-refractivity contribution in [2.75, 3.05) is 0 Å². The zero-order valence-electron chi connectivity index (χ0n) is 7.09. The van der Waals surface area contributed by atoms with E-state index in [1.807, 2.05) is 18.2 Å². The quantitative estimate of drug-likeness (QED) is 0.561. The van der Waals surface area contributed by atoms with Gasteiger partial charge in [-0.1, -0.05) is 35.9 Å². The van der Waals surface area contributed by atoms with E-state index in [1.165, 1.54) is 11.1 Å². The molecular weight excluding hydrogens is 132 g/mol. The summed E-state index contributed by atoms with van der Waals surface area (Å²) in [4.78, 5) is 0. The number of allylic oxidation sites excluding steroid dienone is 2. The Bertz CT molecular complexity index is 227. The van der Waals surface area contributed by atoms with Crippen LogP contribution in [-0.4, -0.2) is 0 Å². The highest BCUT2D eigenvalue weighted by molar-refractivity contribution is 5.16. The first kappa shape index (κ1) is 8.06. The van der Waals surface area contributed by atoms with Gasteiger partial charge in [0.25, 0.3) is 0 Å². The molecular formula is C11H13. The molecule has 0 saturated carbocycles. The Kier molecular flexibility index (Phi) is 2.91. The van der Waals surface area contributed by atoms with Crippen LogP contribution in [0.25, 0.3) is 0 Å². The Balaban J connectivity index is 2.59. The molecule has 0 aliphatic rings. The molecule has 0 bridgehead atoms. The first-order chi connectivity index (χ1) is 5.29. The molecule has 1 rings (SSSR count). The molecule has 0 spiro atoms. The molecule has 0 atom stereocenters. The third-order valence-electron chi connectivity index (χ3n) is 1.50. The molecule has 0 aliphatic heterocycles. The van der Waals surface area contributed by atoms with Gasteiger partial charge in [-0.15, -0.1) is 0 Å². The Labute approximate surface area is 68.6 Å². The molecule has 0 fully saturated rings. The third kappa shape index (κ3) is 3.03. The molecule has 1 aromatic rings. The van der Waals surface area contributed by atoms with Crippen molar-refractivity contribution in [3.8, 4) is 0 Å². The molecule has 0 aromatic heterocycles. The van der Waals surface area contributed by atoms with Gasteiger partial charge in [0.05, 0.1) is 0 Å². The van der Waals surface area contributed by atoms with Gasteiger partial charge in [-0.2, -0.15) is 0 Å². The average molecular weight is 145 g/mol. The molecule has 11 heavy (non-hydrogen) atoms. The van der Waals surface area contributed by atoms with Gasteiger partial charge in [-0.3, -0.25) is 0 Å². The first-order valence-electron chi connectivity index (χ1n) is 3.88. The molecule has 0 N–H and O–H groups in total. The van der Waals surface area contributed by atoms with E-state index < -0.39 is 0 Å². The summed E-state index contributed by atoms with van der Waals surface area (Å²) in [5.41, 5.74) is 2.62. The van der Waals surface area contributed by atoms with E-state index in [4.69, 9.17) is 0 Å². The average Bonchev–Trinajstić information content (AvgIpc) is 2.03.